The quantitative estimate of drug-likeness (QED) is 0.656. The molecule has 0 atom stereocenters. The van der Waals surface area contributed by atoms with Crippen LogP contribution in [0.1, 0.15) is 11.1 Å². The Bertz CT molecular complexity index is 668. The van der Waals surface area contributed by atoms with Crippen molar-refractivity contribution in [2.24, 2.45) is 0 Å². The summed E-state index contributed by atoms with van der Waals surface area (Å²) in [6.07, 6.45) is 0. The minimum atomic E-state index is -0.542. The van der Waals surface area contributed by atoms with E-state index in [4.69, 9.17) is 4.74 Å². The molecule has 0 heterocycles. The van der Waals surface area contributed by atoms with Crippen molar-refractivity contribution in [2.45, 2.75) is 13.5 Å². The Labute approximate surface area is 127 Å². The van der Waals surface area contributed by atoms with E-state index in [9.17, 15) is 14.9 Å². The van der Waals surface area contributed by atoms with Gasteiger partial charge in [-0.2, -0.15) is 0 Å². The first-order chi connectivity index (χ1) is 10.6. The second kappa shape index (κ2) is 7.21. The van der Waals surface area contributed by atoms with E-state index in [0.717, 1.165) is 11.1 Å². The van der Waals surface area contributed by atoms with Crippen LogP contribution in [0.2, 0.25) is 0 Å². The fourth-order valence-corrected chi connectivity index (χ4v) is 1.83. The number of nitro groups is 1. The van der Waals surface area contributed by atoms with Crippen molar-refractivity contribution in [1.29, 1.82) is 0 Å². The fraction of sp³-hybridized carbons (Fsp3) is 0.188. The van der Waals surface area contributed by atoms with Crippen LogP contribution in [-0.2, 0) is 11.3 Å². The van der Waals surface area contributed by atoms with Crippen molar-refractivity contribution in [2.75, 3.05) is 6.61 Å². The van der Waals surface area contributed by atoms with Crippen LogP contribution in [0.25, 0.3) is 0 Å². The maximum absolute atomic E-state index is 11.7. The van der Waals surface area contributed by atoms with Gasteiger partial charge in [0.05, 0.1) is 4.92 Å². The number of para-hydroxylation sites is 2. The molecule has 2 aromatic carbocycles. The second-order valence-electron chi connectivity index (χ2n) is 4.78. The molecule has 0 spiro atoms. The summed E-state index contributed by atoms with van der Waals surface area (Å²) >= 11 is 0. The van der Waals surface area contributed by atoms with Gasteiger partial charge in [0.25, 0.3) is 5.91 Å². The highest BCUT2D eigenvalue weighted by atomic mass is 16.6. The Balaban J connectivity index is 1.85. The maximum atomic E-state index is 11.7. The van der Waals surface area contributed by atoms with Crippen LogP contribution in [0.3, 0.4) is 0 Å². The van der Waals surface area contributed by atoms with E-state index in [2.05, 4.69) is 5.32 Å². The predicted molar refractivity (Wildman–Crippen MR) is 81.6 cm³/mol. The van der Waals surface area contributed by atoms with Gasteiger partial charge in [0.1, 0.15) is 0 Å². The minimum absolute atomic E-state index is 0.0815. The first kappa shape index (κ1) is 15.5. The lowest BCUT2D eigenvalue weighted by Gasteiger charge is -2.08. The van der Waals surface area contributed by atoms with Gasteiger partial charge in [-0.1, -0.05) is 42.0 Å². The zero-order chi connectivity index (χ0) is 15.9. The summed E-state index contributed by atoms with van der Waals surface area (Å²) in [7, 11) is 0. The van der Waals surface area contributed by atoms with E-state index in [1.54, 1.807) is 12.1 Å². The van der Waals surface area contributed by atoms with Crippen LogP contribution in [0.5, 0.6) is 5.75 Å². The Morgan fingerprint density at radius 2 is 1.86 bits per heavy atom. The maximum Gasteiger partial charge on any atom is 0.310 e. The van der Waals surface area contributed by atoms with Crippen LogP contribution >= 0.6 is 0 Å². The van der Waals surface area contributed by atoms with Crippen molar-refractivity contribution in [3.63, 3.8) is 0 Å². The summed E-state index contributed by atoms with van der Waals surface area (Å²) in [5.41, 5.74) is 1.97. The molecule has 1 amide bonds. The third-order valence-corrected chi connectivity index (χ3v) is 3.03. The highest BCUT2D eigenvalue weighted by molar-refractivity contribution is 5.77. The molecule has 6 nitrogen and oxygen atoms in total. The molecule has 22 heavy (non-hydrogen) atoms. The van der Waals surface area contributed by atoms with Crippen molar-refractivity contribution in [1.82, 2.24) is 5.32 Å². The van der Waals surface area contributed by atoms with Crippen LogP contribution in [0, 0.1) is 17.0 Å². The number of benzene rings is 2. The number of carbonyl (C=O) groups excluding carboxylic acids is 1. The molecular formula is C16H16N2O4. The number of carbonyl (C=O) groups is 1. The number of aryl methyl sites for hydroxylation is 1. The Morgan fingerprint density at radius 3 is 2.55 bits per heavy atom. The van der Waals surface area contributed by atoms with Gasteiger partial charge in [-0.15, -0.1) is 0 Å². The lowest BCUT2D eigenvalue weighted by Crippen LogP contribution is -2.28. The lowest BCUT2D eigenvalue weighted by atomic mass is 10.1. The van der Waals surface area contributed by atoms with E-state index in [-0.39, 0.29) is 24.0 Å². The van der Waals surface area contributed by atoms with E-state index >= 15 is 0 Å². The third-order valence-electron chi connectivity index (χ3n) is 3.03. The van der Waals surface area contributed by atoms with E-state index < -0.39 is 4.92 Å². The summed E-state index contributed by atoms with van der Waals surface area (Å²) in [5, 5.41) is 13.5. The highest BCUT2D eigenvalue weighted by Gasteiger charge is 2.14. The third kappa shape index (κ3) is 4.31. The molecule has 0 bridgehead atoms. The molecule has 2 rings (SSSR count). The molecule has 0 aromatic heterocycles. The average molecular weight is 300 g/mol. The van der Waals surface area contributed by atoms with Gasteiger partial charge in [0.15, 0.2) is 12.4 Å². The van der Waals surface area contributed by atoms with Gasteiger partial charge in [0.2, 0.25) is 0 Å². The molecule has 0 unspecified atom stereocenters. The van der Waals surface area contributed by atoms with Crippen LogP contribution in [0.4, 0.5) is 5.69 Å². The van der Waals surface area contributed by atoms with Crippen LogP contribution in [0.15, 0.2) is 48.5 Å². The first-order valence-electron chi connectivity index (χ1n) is 6.75. The number of rotatable bonds is 6. The average Bonchev–Trinajstić information content (AvgIpc) is 2.52. The summed E-state index contributed by atoms with van der Waals surface area (Å²) in [4.78, 5) is 22.0. The van der Waals surface area contributed by atoms with Gasteiger partial charge in [-0.3, -0.25) is 14.9 Å². The molecule has 0 fully saturated rings. The largest absolute Gasteiger partial charge is 0.477 e. The topological polar surface area (TPSA) is 81.5 Å². The Hall–Kier alpha value is -2.89. The van der Waals surface area contributed by atoms with E-state index in [1.807, 2.05) is 31.2 Å². The number of nitro benzene ring substituents is 1. The molecule has 0 saturated heterocycles. The smallest absolute Gasteiger partial charge is 0.310 e. The molecular weight excluding hydrogens is 284 g/mol. The summed E-state index contributed by atoms with van der Waals surface area (Å²) < 4.78 is 5.21. The van der Waals surface area contributed by atoms with Gasteiger partial charge in [-0.05, 0) is 18.6 Å². The van der Waals surface area contributed by atoms with Crippen LogP contribution < -0.4 is 10.1 Å². The number of amides is 1. The fourth-order valence-electron chi connectivity index (χ4n) is 1.83. The lowest BCUT2D eigenvalue weighted by molar-refractivity contribution is -0.385. The summed E-state index contributed by atoms with van der Waals surface area (Å²) in [5.74, 6) is -0.253. The molecule has 114 valence electrons. The molecule has 6 heteroatoms. The molecule has 0 aliphatic rings. The van der Waals surface area contributed by atoms with Crippen molar-refractivity contribution < 1.29 is 14.5 Å². The van der Waals surface area contributed by atoms with Crippen molar-refractivity contribution in [3.05, 3.63) is 69.8 Å². The Morgan fingerprint density at radius 1 is 1.18 bits per heavy atom. The van der Waals surface area contributed by atoms with E-state index in [0.29, 0.717) is 6.54 Å². The Kier molecular flexibility index (Phi) is 5.08. The van der Waals surface area contributed by atoms with Gasteiger partial charge < -0.3 is 10.1 Å². The van der Waals surface area contributed by atoms with E-state index in [1.165, 1.54) is 12.1 Å². The first-order valence-corrected chi connectivity index (χ1v) is 6.75. The molecule has 1 N–H and O–H groups in total. The second-order valence-corrected chi connectivity index (χ2v) is 4.78. The number of hydrogen-bond acceptors (Lipinski definition) is 4. The molecule has 0 saturated carbocycles. The van der Waals surface area contributed by atoms with Gasteiger partial charge in [0, 0.05) is 12.6 Å². The van der Waals surface area contributed by atoms with Crippen LogP contribution in [-0.4, -0.2) is 17.4 Å². The predicted octanol–water partition coefficient (Wildman–Crippen LogP) is 2.60. The zero-order valence-electron chi connectivity index (χ0n) is 12.1. The van der Waals surface area contributed by atoms with Gasteiger partial charge in [-0.25, -0.2) is 0 Å². The monoisotopic (exact) mass is 300 g/mol. The highest BCUT2D eigenvalue weighted by Crippen LogP contribution is 2.25. The van der Waals surface area contributed by atoms with Gasteiger partial charge >= 0.3 is 5.69 Å². The standard InChI is InChI=1S/C16H16N2O4/c1-12-6-8-13(9-7-12)10-17-16(19)11-22-15-5-3-2-4-14(15)18(20)21/h2-9H,10-11H2,1H3,(H,17,19). The SMILES string of the molecule is Cc1ccc(CNC(=O)COc2ccccc2[N+](=O)[O-])cc1. The summed E-state index contributed by atoms with van der Waals surface area (Å²) in [6.45, 7) is 2.11. The number of ether oxygens (including phenoxy) is 1. The number of nitrogens with zero attached hydrogens (tertiary/aromatic N) is 1. The summed E-state index contributed by atoms with van der Waals surface area (Å²) in [6, 6.07) is 13.7. The van der Waals surface area contributed by atoms with Crippen molar-refractivity contribution >= 4 is 11.6 Å². The normalized spacial score (nSPS) is 10.0. The molecule has 2 aromatic rings. The molecule has 0 radical (unpaired) electrons. The minimum Gasteiger partial charge on any atom is -0.477 e. The number of hydrogen-bond donors (Lipinski definition) is 1. The van der Waals surface area contributed by atoms with Crippen molar-refractivity contribution in [3.8, 4) is 5.75 Å². The number of nitrogens with one attached hydrogen (secondary N) is 1. The molecule has 0 aliphatic heterocycles. The zero-order valence-corrected chi connectivity index (χ0v) is 12.1. The molecule has 0 aliphatic carbocycles.